The topological polar surface area (TPSA) is 79.2 Å². The van der Waals surface area contributed by atoms with Crippen LogP contribution in [0.25, 0.3) is 0 Å². The molecular formula is C18H22N2O3S. The van der Waals surface area contributed by atoms with E-state index in [1.165, 1.54) is 28.2 Å². The molecule has 1 aromatic heterocycles. The maximum absolute atomic E-state index is 12.2. The predicted octanol–water partition coefficient (Wildman–Crippen LogP) is 3.13. The molecule has 0 unspecified atom stereocenters. The summed E-state index contributed by atoms with van der Waals surface area (Å²) in [6, 6.07) is 4.13. The van der Waals surface area contributed by atoms with Crippen LogP contribution in [0.4, 0.5) is 0 Å². The number of hydrogen-bond donors (Lipinski definition) is 1. The largest absolute Gasteiger partial charge is 0.451 e. The number of carbonyl (C=O) groups is 2. The lowest BCUT2D eigenvalue weighted by Crippen LogP contribution is -2.50. The summed E-state index contributed by atoms with van der Waals surface area (Å²) in [6.07, 6.45) is 8.68. The third kappa shape index (κ3) is 3.78. The van der Waals surface area contributed by atoms with Gasteiger partial charge in [-0.25, -0.2) is 4.79 Å². The summed E-state index contributed by atoms with van der Waals surface area (Å²) < 4.78 is 5.15. The Kier molecular flexibility index (Phi) is 5.20. The van der Waals surface area contributed by atoms with Crippen LogP contribution in [-0.4, -0.2) is 24.0 Å². The fourth-order valence-electron chi connectivity index (χ4n) is 3.52. The number of carbonyl (C=O) groups excluding carboxylic acids is 2. The van der Waals surface area contributed by atoms with Gasteiger partial charge < -0.3 is 10.1 Å². The van der Waals surface area contributed by atoms with Gasteiger partial charge in [-0.2, -0.15) is 5.26 Å². The zero-order valence-corrected chi connectivity index (χ0v) is 14.5. The molecular weight excluding hydrogens is 324 g/mol. The van der Waals surface area contributed by atoms with Crippen LogP contribution in [-0.2, 0) is 22.4 Å². The zero-order chi connectivity index (χ0) is 17.0. The molecule has 2 aliphatic rings. The average molecular weight is 346 g/mol. The summed E-state index contributed by atoms with van der Waals surface area (Å²) in [5, 5.41) is 12.1. The SMILES string of the molecule is N#CC1(NC(=O)COC(=O)c2cc3c(s2)CCCC3)CCCCC1. The van der Waals surface area contributed by atoms with Gasteiger partial charge in [0.05, 0.1) is 6.07 Å². The van der Waals surface area contributed by atoms with E-state index >= 15 is 0 Å². The van der Waals surface area contributed by atoms with E-state index in [0.29, 0.717) is 17.7 Å². The maximum atomic E-state index is 12.2. The molecule has 3 rings (SSSR count). The van der Waals surface area contributed by atoms with Crippen molar-refractivity contribution in [3.05, 3.63) is 21.4 Å². The van der Waals surface area contributed by atoms with Gasteiger partial charge in [0.1, 0.15) is 10.4 Å². The summed E-state index contributed by atoms with van der Waals surface area (Å²) in [7, 11) is 0. The van der Waals surface area contributed by atoms with E-state index in [1.807, 2.05) is 6.07 Å². The second-order valence-electron chi connectivity index (χ2n) is 6.65. The Hall–Kier alpha value is -1.87. The minimum atomic E-state index is -0.788. The molecule has 1 saturated carbocycles. The Morgan fingerprint density at radius 3 is 2.67 bits per heavy atom. The second-order valence-corrected chi connectivity index (χ2v) is 7.78. The Balaban J connectivity index is 1.53. The zero-order valence-electron chi connectivity index (χ0n) is 13.7. The van der Waals surface area contributed by atoms with Crippen LogP contribution in [0.1, 0.15) is 65.1 Å². The molecule has 1 fully saturated rings. The van der Waals surface area contributed by atoms with Crippen molar-refractivity contribution in [2.75, 3.05) is 6.61 Å². The summed E-state index contributed by atoms with van der Waals surface area (Å²) in [5.41, 5.74) is 0.456. The standard InChI is InChI=1S/C18H22N2O3S/c19-12-18(8-4-1-5-9-18)20-16(21)11-23-17(22)15-10-13-6-2-3-7-14(13)24-15/h10H,1-9,11H2,(H,20,21). The molecule has 5 nitrogen and oxygen atoms in total. The Morgan fingerprint density at radius 2 is 1.96 bits per heavy atom. The van der Waals surface area contributed by atoms with E-state index in [0.717, 1.165) is 38.5 Å². The van der Waals surface area contributed by atoms with E-state index in [1.54, 1.807) is 0 Å². The maximum Gasteiger partial charge on any atom is 0.348 e. The molecule has 0 saturated heterocycles. The number of ether oxygens (including phenoxy) is 1. The number of nitriles is 1. The quantitative estimate of drug-likeness (QED) is 0.850. The smallest absolute Gasteiger partial charge is 0.348 e. The molecule has 2 aliphatic carbocycles. The van der Waals surface area contributed by atoms with Crippen molar-refractivity contribution in [3.8, 4) is 6.07 Å². The first-order valence-corrected chi connectivity index (χ1v) is 9.44. The summed E-state index contributed by atoms with van der Waals surface area (Å²) in [5.74, 6) is -0.840. The van der Waals surface area contributed by atoms with Crippen LogP contribution in [0, 0.1) is 11.3 Å². The van der Waals surface area contributed by atoms with E-state index in [9.17, 15) is 14.9 Å². The highest BCUT2D eigenvalue weighted by molar-refractivity contribution is 7.14. The van der Waals surface area contributed by atoms with Gasteiger partial charge in [-0.1, -0.05) is 19.3 Å². The van der Waals surface area contributed by atoms with Gasteiger partial charge in [0.2, 0.25) is 0 Å². The van der Waals surface area contributed by atoms with Crippen molar-refractivity contribution in [3.63, 3.8) is 0 Å². The van der Waals surface area contributed by atoms with E-state index in [-0.39, 0.29) is 6.61 Å². The number of nitrogens with zero attached hydrogens (tertiary/aromatic N) is 1. The third-order valence-corrected chi connectivity index (χ3v) is 6.05. The number of aryl methyl sites for hydroxylation is 2. The predicted molar refractivity (Wildman–Crippen MR) is 90.8 cm³/mol. The molecule has 0 atom stereocenters. The van der Waals surface area contributed by atoms with Crippen LogP contribution in [0.2, 0.25) is 0 Å². The molecule has 1 amide bonds. The van der Waals surface area contributed by atoms with Crippen molar-refractivity contribution in [2.24, 2.45) is 0 Å². The van der Waals surface area contributed by atoms with Gasteiger partial charge in [0, 0.05) is 4.88 Å². The highest BCUT2D eigenvalue weighted by atomic mass is 32.1. The first-order valence-electron chi connectivity index (χ1n) is 8.63. The Labute approximate surface area is 146 Å². The number of esters is 1. The monoisotopic (exact) mass is 346 g/mol. The average Bonchev–Trinajstić information content (AvgIpc) is 3.04. The molecule has 24 heavy (non-hydrogen) atoms. The number of fused-ring (bicyclic) bond motifs is 1. The lowest BCUT2D eigenvalue weighted by atomic mass is 9.83. The first kappa shape index (κ1) is 17.0. The summed E-state index contributed by atoms with van der Waals surface area (Å²) in [4.78, 5) is 26.1. The van der Waals surface area contributed by atoms with Crippen LogP contribution in [0.15, 0.2) is 6.07 Å². The van der Waals surface area contributed by atoms with Gasteiger partial charge in [0.25, 0.3) is 5.91 Å². The van der Waals surface area contributed by atoms with E-state index < -0.39 is 17.4 Å². The third-order valence-electron chi connectivity index (χ3n) is 4.83. The van der Waals surface area contributed by atoms with Gasteiger partial charge in [-0.15, -0.1) is 11.3 Å². The Bertz CT molecular complexity index is 645. The molecule has 0 aromatic carbocycles. The number of amides is 1. The first-order chi connectivity index (χ1) is 11.6. The highest BCUT2D eigenvalue weighted by Crippen LogP contribution is 2.30. The van der Waals surface area contributed by atoms with Crippen molar-refractivity contribution in [1.82, 2.24) is 5.32 Å². The lowest BCUT2D eigenvalue weighted by Gasteiger charge is -2.31. The van der Waals surface area contributed by atoms with Gasteiger partial charge in [-0.3, -0.25) is 4.79 Å². The number of nitrogens with one attached hydrogen (secondary N) is 1. The molecule has 0 bridgehead atoms. The fraction of sp³-hybridized carbons (Fsp3) is 0.611. The van der Waals surface area contributed by atoms with Crippen molar-refractivity contribution >= 4 is 23.2 Å². The lowest BCUT2D eigenvalue weighted by molar-refractivity contribution is -0.125. The normalized spacial score (nSPS) is 19.0. The molecule has 0 aliphatic heterocycles. The summed E-state index contributed by atoms with van der Waals surface area (Å²) >= 11 is 1.48. The van der Waals surface area contributed by atoms with Crippen LogP contribution >= 0.6 is 11.3 Å². The minimum absolute atomic E-state index is 0.329. The van der Waals surface area contributed by atoms with Gasteiger partial charge >= 0.3 is 5.97 Å². The van der Waals surface area contributed by atoms with Crippen molar-refractivity contribution < 1.29 is 14.3 Å². The molecule has 128 valence electrons. The summed E-state index contributed by atoms with van der Waals surface area (Å²) in [6.45, 7) is -0.329. The molecule has 0 radical (unpaired) electrons. The fourth-order valence-corrected chi connectivity index (χ4v) is 4.66. The van der Waals surface area contributed by atoms with Crippen LogP contribution < -0.4 is 5.32 Å². The van der Waals surface area contributed by atoms with Gasteiger partial charge in [0.15, 0.2) is 6.61 Å². The van der Waals surface area contributed by atoms with Gasteiger partial charge in [-0.05, 0) is 50.2 Å². The minimum Gasteiger partial charge on any atom is -0.451 e. The molecule has 0 spiro atoms. The Morgan fingerprint density at radius 1 is 1.21 bits per heavy atom. The number of hydrogen-bond acceptors (Lipinski definition) is 5. The number of thiophene rings is 1. The van der Waals surface area contributed by atoms with E-state index in [4.69, 9.17) is 4.74 Å². The highest BCUT2D eigenvalue weighted by Gasteiger charge is 2.33. The second kappa shape index (κ2) is 7.35. The molecule has 1 N–H and O–H groups in total. The van der Waals surface area contributed by atoms with E-state index in [2.05, 4.69) is 11.4 Å². The molecule has 1 aromatic rings. The number of rotatable bonds is 4. The molecule has 1 heterocycles. The van der Waals surface area contributed by atoms with Crippen molar-refractivity contribution in [2.45, 2.75) is 63.3 Å². The van der Waals surface area contributed by atoms with Crippen molar-refractivity contribution in [1.29, 1.82) is 5.26 Å². The molecule has 6 heteroatoms. The van der Waals surface area contributed by atoms with Crippen LogP contribution in [0.3, 0.4) is 0 Å². The van der Waals surface area contributed by atoms with Crippen LogP contribution in [0.5, 0.6) is 0 Å².